The Morgan fingerprint density at radius 3 is 2.14 bits per heavy atom. The molecule has 1 heteroatoms. The molecule has 1 atom stereocenters. The summed E-state index contributed by atoms with van der Waals surface area (Å²) in [6.45, 7) is 7.19. The van der Waals surface area contributed by atoms with Crippen LogP contribution in [-0.4, -0.2) is 6.04 Å². The third-order valence-electron chi connectivity index (χ3n) is 5.25. The fraction of sp³-hybridized carbons (Fsp3) is 1.00. The standard InChI is InChI=1S/C13H25N/c1-4-12(2,3)10-5-7-13(8-6-10)9-11(13)14/h10-11H,4-9,14H2,1-3H3. The van der Waals surface area contributed by atoms with Gasteiger partial charge in [-0.2, -0.15) is 0 Å². The summed E-state index contributed by atoms with van der Waals surface area (Å²) in [5.41, 5.74) is 7.19. The van der Waals surface area contributed by atoms with Gasteiger partial charge in [0.15, 0.2) is 0 Å². The fourth-order valence-corrected chi connectivity index (χ4v) is 3.22. The molecule has 2 rings (SSSR count). The fourth-order valence-electron chi connectivity index (χ4n) is 3.22. The summed E-state index contributed by atoms with van der Waals surface area (Å²) in [6, 6.07) is 0.549. The lowest BCUT2D eigenvalue weighted by atomic mass is 9.66. The highest BCUT2D eigenvalue weighted by atomic mass is 14.8. The summed E-state index contributed by atoms with van der Waals surface area (Å²) in [5.74, 6) is 0.950. The monoisotopic (exact) mass is 195 g/mol. The molecule has 2 aliphatic carbocycles. The summed E-state index contributed by atoms with van der Waals surface area (Å²) < 4.78 is 0. The highest BCUT2D eigenvalue weighted by molar-refractivity contribution is 5.08. The molecule has 1 nitrogen and oxygen atoms in total. The first kappa shape index (κ1) is 10.5. The van der Waals surface area contributed by atoms with Crippen LogP contribution in [0.4, 0.5) is 0 Å². The van der Waals surface area contributed by atoms with E-state index in [9.17, 15) is 0 Å². The van der Waals surface area contributed by atoms with Crippen LogP contribution >= 0.6 is 0 Å². The Morgan fingerprint density at radius 1 is 1.29 bits per heavy atom. The van der Waals surface area contributed by atoms with E-state index in [0.717, 1.165) is 5.92 Å². The molecule has 0 amide bonds. The van der Waals surface area contributed by atoms with Crippen molar-refractivity contribution in [3.8, 4) is 0 Å². The molecule has 1 spiro atoms. The van der Waals surface area contributed by atoms with Gasteiger partial charge in [-0.1, -0.05) is 27.2 Å². The molecule has 0 heterocycles. The van der Waals surface area contributed by atoms with Crippen LogP contribution in [0.15, 0.2) is 0 Å². The van der Waals surface area contributed by atoms with Crippen LogP contribution in [0.3, 0.4) is 0 Å². The molecule has 2 saturated carbocycles. The van der Waals surface area contributed by atoms with E-state index in [4.69, 9.17) is 5.73 Å². The van der Waals surface area contributed by atoms with Gasteiger partial charge >= 0.3 is 0 Å². The van der Waals surface area contributed by atoms with E-state index in [2.05, 4.69) is 20.8 Å². The van der Waals surface area contributed by atoms with Gasteiger partial charge in [0.25, 0.3) is 0 Å². The molecule has 0 saturated heterocycles. The molecule has 0 aliphatic heterocycles. The van der Waals surface area contributed by atoms with Crippen molar-refractivity contribution in [3.05, 3.63) is 0 Å². The Hall–Kier alpha value is -0.0400. The van der Waals surface area contributed by atoms with Crippen LogP contribution in [0, 0.1) is 16.7 Å². The van der Waals surface area contributed by atoms with Gasteiger partial charge in [-0.3, -0.25) is 0 Å². The van der Waals surface area contributed by atoms with Gasteiger partial charge in [0.1, 0.15) is 0 Å². The maximum absolute atomic E-state index is 6.02. The number of hydrogen-bond donors (Lipinski definition) is 1. The van der Waals surface area contributed by atoms with E-state index >= 15 is 0 Å². The van der Waals surface area contributed by atoms with E-state index in [1.165, 1.54) is 38.5 Å². The van der Waals surface area contributed by atoms with E-state index in [1.807, 2.05) is 0 Å². The predicted molar refractivity (Wildman–Crippen MR) is 61.1 cm³/mol. The minimum atomic E-state index is 0.549. The second-order valence-electron chi connectivity index (χ2n) is 6.29. The van der Waals surface area contributed by atoms with Crippen LogP contribution in [0.25, 0.3) is 0 Å². The van der Waals surface area contributed by atoms with E-state index in [0.29, 0.717) is 16.9 Å². The molecule has 0 aromatic rings. The zero-order valence-electron chi connectivity index (χ0n) is 9.97. The molecule has 2 aliphatic rings. The minimum Gasteiger partial charge on any atom is -0.327 e. The lowest BCUT2D eigenvalue weighted by molar-refractivity contribution is 0.119. The second-order valence-corrected chi connectivity index (χ2v) is 6.29. The summed E-state index contributed by atoms with van der Waals surface area (Å²) in [6.07, 6.45) is 8.29. The zero-order chi connectivity index (χ0) is 10.4. The molecule has 82 valence electrons. The Kier molecular flexibility index (Phi) is 2.42. The molecule has 14 heavy (non-hydrogen) atoms. The van der Waals surface area contributed by atoms with Crippen molar-refractivity contribution in [2.45, 2.75) is 65.3 Å². The average Bonchev–Trinajstić information content (AvgIpc) is 2.77. The van der Waals surface area contributed by atoms with Gasteiger partial charge in [-0.05, 0) is 48.9 Å². The van der Waals surface area contributed by atoms with Crippen molar-refractivity contribution in [1.82, 2.24) is 0 Å². The third kappa shape index (κ3) is 1.60. The molecule has 0 aromatic heterocycles. The summed E-state index contributed by atoms with van der Waals surface area (Å²) in [4.78, 5) is 0. The van der Waals surface area contributed by atoms with Crippen molar-refractivity contribution in [3.63, 3.8) is 0 Å². The zero-order valence-corrected chi connectivity index (χ0v) is 9.97. The van der Waals surface area contributed by atoms with Gasteiger partial charge in [0, 0.05) is 6.04 Å². The van der Waals surface area contributed by atoms with Crippen molar-refractivity contribution in [1.29, 1.82) is 0 Å². The predicted octanol–water partition coefficient (Wildman–Crippen LogP) is 3.33. The summed E-state index contributed by atoms with van der Waals surface area (Å²) in [7, 11) is 0. The Morgan fingerprint density at radius 2 is 1.79 bits per heavy atom. The Labute approximate surface area is 88.4 Å². The Bertz CT molecular complexity index is 211. The van der Waals surface area contributed by atoms with Gasteiger partial charge in [-0.25, -0.2) is 0 Å². The molecule has 0 bridgehead atoms. The highest BCUT2D eigenvalue weighted by Crippen LogP contribution is 2.58. The van der Waals surface area contributed by atoms with E-state index in [1.54, 1.807) is 0 Å². The van der Waals surface area contributed by atoms with Crippen molar-refractivity contribution in [2.24, 2.45) is 22.5 Å². The first-order valence-electron chi connectivity index (χ1n) is 6.26. The van der Waals surface area contributed by atoms with Crippen LogP contribution in [0.2, 0.25) is 0 Å². The maximum atomic E-state index is 6.02. The Balaban J connectivity index is 1.90. The maximum Gasteiger partial charge on any atom is 0.0102 e. The lowest BCUT2D eigenvalue weighted by Crippen LogP contribution is -2.30. The molecular formula is C13H25N. The van der Waals surface area contributed by atoms with E-state index < -0.39 is 0 Å². The number of nitrogens with two attached hydrogens (primary N) is 1. The minimum absolute atomic E-state index is 0.549. The van der Waals surface area contributed by atoms with Gasteiger partial charge in [-0.15, -0.1) is 0 Å². The molecule has 2 N–H and O–H groups in total. The number of hydrogen-bond acceptors (Lipinski definition) is 1. The molecule has 0 radical (unpaired) electrons. The normalized spacial score (nSPS) is 42.9. The first-order chi connectivity index (χ1) is 6.50. The summed E-state index contributed by atoms with van der Waals surface area (Å²) in [5, 5.41) is 0. The molecular weight excluding hydrogens is 170 g/mol. The van der Waals surface area contributed by atoms with Gasteiger partial charge in [0.05, 0.1) is 0 Å². The largest absolute Gasteiger partial charge is 0.327 e. The SMILES string of the molecule is CCC(C)(C)C1CCC2(CC1)CC2N. The topological polar surface area (TPSA) is 26.0 Å². The summed E-state index contributed by atoms with van der Waals surface area (Å²) >= 11 is 0. The lowest BCUT2D eigenvalue weighted by Gasteiger charge is -2.39. The number of rotatable bonds is 2. The highest BCUT2D eigenvalue weighted by Gasteiger charge is 2.53. The average molecular weight is 195 g/mol. The van der Waals surface area contributed by atoms with E-state index in [-0.39, 0.29) is 0 Å². The van der Waals surface area contributed by atoms with Crippen molar-refractivity contribution < 1.29 is 0 Å². The van der Waals surface area contributed by atoms with Crippen LogP contribution in [0.1, 0.15) is 59.3 Å². The third-order valence-corrected chi connectivity index (χ3v) is 5.25. The molecule has 2 fully saturated rings. The molecule has 0 aromatic carbocycles. The van der Waals surface area contributed by atoms with Gasteiger partial charge < -0.3 is 5.73 Å². The van der Waals surface area contributed by atoms with Crippen molar-refractivity contribution >= 4 is 0 Å². The van der Waals surface area contributed by atoms with Crippen molar-refractivity contribution in [2.75, 3.05) is 0 Å². The molecule has 1 unspecified atom stereocenters. The van der Waals surface area contributed by atoms with Crippen LogP contribution < -0.4 is 5.73 Å². The first-order valence-corrected chi connectivity index (χ1v) is 6.26. The smallest absolute Gasteiger partial charge is 0.0102 e. The second kappa shape index (κ2) is 3.23. The quantitative estimate of drug-likeness (QED) is 0.718. The van der Waals surface area contributed by atoms with Gasteiger partial charge in [0.2, 0.25) is 0 Å². The van der Waals surface area contributed by atoms with Crippen LogP contribution in [-0.2, 0) is 0 Å². The van der Waals surface area contributed by atoms with Crippen LogP contribution in [0.5, 0.6) is 0 Å².